The Morgan fingerprint density at radius 2 is 1.15 bits per heavy atom. The summed E-state index contributed by atoms with van der Waals surface area (Å²) in [5.74, 6) is 0. The van der Waals surface area contributed by atoms with Crippen LogP contribution < -0.4 is 5.46 Å². The Balaban J connectivity index is 1.38. The number of aromatic nitrogens is 2. The summed E-state index contributed by atoms with van der Waals surface area (Å²) in [5.41, 5.74) is 5.63. The molecule has 0 unspecified atom stereocenters. The van der Waals surface area contributed by atoms with Crippen LogP contribution in [0, 0.1) is 0 Å². The summed E-state index contributed by atoms with van der Waals surface area (Å²) in [6, 6.07) is 31.9. The van der Waals surface area contributed by atoms with Crippen molar-refractivity contribution < 1.29 is 9.76 Å². The molecular formula is C34H30BN2O2. The largest absolute Gasteiger partial charge is 0.427 e. The highest BCUT2D eigenvalue weighted by atomic mass is 16.5. The van der Waals surface area contributed by atoms with Gasteiger partial charge in [0.05, 0.1) is 22.2 Å². The maximum absolute atomic E-state index is 10.4. The van der Waals surface area contributed by atoms with Crippen LogP contribution in [0.15, 0.2) is 103 Å². The van der Waals surface area contributed by atoms with E-state index in [4.69, 9.17) is 4.65 Å². The summed E-state index contributed by atoms with van der Waals surface area (Å²) in [6.45, 7) is 7.29. The summed E-state index contributed by atoms with van der Waals surface area (Å²) in [5, 5.41) is 15.0. The SMILES string of the molecule is CC(C)(O)C(C)(C)O[B]c1cccc(-c2cccc(-c3ccc4c(c3)c3ccccc3c3nccnc43)c2)c1. The second-order valence-electron chi connectivity index (χ2n) is 11.1. The van der Waals surface area contributed by atoms with Crippen molar-refractivity contribution in [3.63, 3.8) is 0 Å². The van der Waals surface area contributed by atoms with E-state index in [1.165, 1.54) is 10.8 Å². The standard InChI is InChI=1S/C34H30BN2O2/c1-33(2,38)34(3,4)39-35-26-12-8-11-24(20-26)22-9-7-10-23(19-22)25-15-16-29-30(21-25)27-13-5-6-14-28(27)31-32(29)37-18-17-36-31/h5-21,38H,1-4H3. The Bertz CT molecular complexity index is 1800. The third-order valence-corrected chi connectivity index (χ3v) is 7.82. The molecule has 1 radical (unpaired) electrons. The number of hydrogen-bond acceptors (Lipinski definition) is 4. The second kappa shape index (κ2) is 9.60. The maximum atomic E-state index is 10.4. The third-order valence-electron chi connectivity index (χ3n) is 7.82. The van der Waals surface area contributed by atoms with Crippen molar-refractivity contribution in [3.8, 4) is 22.3 Å². The zero-order chi connectivity index (χ0) is 27.2. The van der Waals surface area contributed by atoms with E-state index in [0.29, 0.717) is 0 Å². The highest BCUT2D eigenvalue weighted by Crippen LogP contribution is 2.36. The molecule has 0 saturated carbocycles. The molecule has 0 saturated heterocycles. The van der Waals surface area contributed by atoms with Gasteiger partial charge in [0.1, 0.15) is 0 Å². The van der Waals surface area contributed by atoms with Crippen molar-refractivity contribution >= 4 is 45.5 Å². The van der Waals surface area contributed by atoms with Gasteiger partial charge >= 0.3 is 7.48 Å². The van der Waals surface area contributed by atoms with Gasteiger partial charge in [-0.25, -0.2) is 0 Å². The van der Waals surface area contributed by atoms with Crippen molar-refractivity contribution in [2.75, 3.05) is 0 Å². The first-order chi connectivity index (χ1) is 18.7. The Kier molecular flexibility index (Phi) is 6.21. The van der Waals surface area contributed by atoms with E-state index in [1.807, 2.05) is 26.0 Å². The average Bonchev–Trinajstić information content (AvgIpc) is 2.96. The Morgan fingerprint density at radius 1 is 0.590 bits per heavy atom. The molecule has 0 aliphatic carbocycles. The zero-order valence-electron chi connectivity index (χ0n) is 22.6. The topological polar surface area (TPSA) is 55.2 Å². The highest BCUT2D eigenvalue weighted by molar-refractivity contribution is 6.47. The van der Waals surface area contributed by atoms with Crippen molar-refractivity contribution in [2.45, 2.75) is 38.9 Å². The van der Waals surface area contributed by atoms with Crippen LogP contribution in [0.4, 0.5) is 0 Å². The number of fused-ring (bicyclic) bond motifs is 6. The van der Waals surface area contributed by atoms with Gasteiger partial charge in [0, 0.05) is 23.2 Å². The minimum atomic E-state index is -0.973. The summed E-state index contributed by atoms with van der Waals surface area (Å²) < 4.78 is 5.99. The van der Waals surface area contributed by atoms with Gasteiger partial charge in [-0.1, -0.05) is 84.3 Å². The molecule has 5 heteroatoms. The molecule has 0 aliphatic rings. The second-order valence-corrected chi connectivity index (χ2v) is 11.1. The molecule has 6 aromatic rings. The van der Waals surface area contributed by atoms with Crippen molar-refractivity contribution in [1.29, 1.82) is 0 Å². The molecule has 4 nitrogen and oxygen atoms in total. The first-order valence-corrected chi connectivity index (χ1v) is 13.2. The first kappa shape index (κ1) is 25.2. The fraction of sp³-hybridized carbons (Fsp3) is 0.176. The van der Waals surface area contributed by atoms with Crippen LogP contribution in [0.2, 0.25) is 0 Å². The minimum absolute atomic E-state index is 0.722. The predicted molar refractivity (Wildman–Crippen MR) is 162 cm³/mol. The quantitative estimate of drug-likeness (QED) is 0.193. The van der Waals surface area contributed by atoms with Crippen LogP contribution in [0.5, 0.6) is 0 Å². The molecule has 0 fully saturated rings. The molecule has 191 valence electrons. The van der Waals surface area contributed by atoms with Crippen molar-refractivity contribution in [2.24, 2.45) is 0 Å². The summed E-state index contributed by atoms with van der Waals surface area (Å²) >= 11 is 0. The van der Waals surface area contributed by atoms with Crippen LogP contribution >= 0.6 is 0 Å². The fourth-order valence-corrected chi connectivity index (χ4v) is 4.84. The van der Waals surface area contributed by atoms with E-state index >= 15 is 0 Å². The molecular weight excluding hydrogens is 479 g/mol. The Labute approximate surface area is 229 Å². The lowest BCUT2D eigenvalue weighted by Crippen LogP contribution is -2.49. The van der Waals surface area contributed by atoms with Gasteiger partial charge in [0.25, 0.3) is 0 Å². The molecule has 1 aromatic heterocycles. The molecule has 0 atom stereocenters. The van der Waals surface area contributed by atoms with E-state index < -0.39 is 11.2 Å². The normalized spacial score (nSPS) is 12.3. The molecule has 5 aromatic carbocycles. The van der Waals surface area contributed by atoms with Crippen molar-refractivity contribution in [3.05, 3.63) is 103 Å². The molecule has 1 heterocycles. The Morgan fingerprint density at radius 3 is 1.82 bits per heavy atom. The molecule has 0 amide bonds. The number of aliphatic hydroxyl groups is 1. The molecule has 6 rings (SSSR count). The molecule has 0 bridgehead atoms. The van der Waals surface area contributed by atoms with Crippen molar-refractivity contribution in [1.82, 2.24) is 9.97 Å². The van der Waals surface area contributed by atoms with Crippen LogP contribution in [0.1, 0.15) is 27.7 Å². The summed E-state index contributed by atoms with van der Waals surface area (Å²) in [6.07, 6.45) is 3.52. The smallest absolute Gasteiger partial charge is 0.330 e. The third kappa shape index (κ3) is 4.69. The van der Waals surface area contributed by atoms with Crippen LogP contribution in [-0.4, -0.2) is 33.8 Å². The van der Waals surface area contributed by atoms with E-state index in [0.717, 1.165) is 49.5 Å². The molecule has 39 heavy (non-hydrogen) atoms. The number of benzene rings is 5. The van der Waals surface area contributed by atoms with E-state index in [2.05, 4.69) is 88.8 Å². The van der Waals surface area contributed by atoms with Gasteiger partial charge in [-0.05, 0) is 72.9 Å². The molecule has 0 spiro atoms. The van der Waals surface area contributed by atoms with Gasteiger partial charge in [-0.2, -0.15) is 0 Å². The monoisotopic (exact) mass is 509 g/mol. The van der Waals surface area contributed by atoms with E-state index in [-0.39, 0.29) is 0 Å². The lowest BCUT2D eigenvalue weighted by atomic mass is 9.81. The number of nitrogens with zero attached hydrogens (tertiary/aromatic N) is 2. The van der Waals surface area contributed by atoms with Gasteiger partial charge in [0.15, 0.2) is 0 Å². The van der Waals surface area contributed by atoms with Crippen LogP contribution in [-0.2, 0) is 4.65 Å². The van der Waals surface area contributed by atoms with Gasteiger partial charge in [-0.15, -0.1) is 0 Å². The molecule has 1 N–H and O–H groups in total. The first-order valence-electron chi connectivity index (χ1n) is 13.2. The minimum Gasteiger partial charge on any atom is -0.427 e. The van der Waals surface area contributed by atoms with Crippen LogP contribution in [0.3, 0.4) is 0 Å². The summed E-state index contributed by atoms with van der Waals surface area (Å²) in [7, 11) is 1.73. The zero-order valence-corrected chi connectivity index (χ0v) is 22.6. The van der Waals surface area contributed by atoms with Gasteiger partial charge < -0.3 is 9.76 Å². The van der Waals surface area contributed by atoms with E-state index in [1.54, 1.807) is 33.7 Å². The molecule has 0 aliphatic heterocycles. The number of hydrogen-bond donors (Lipinski definition) is 1. The van der Waals surface area contributed by atoms with Crippen LogP contribution in [0.25, 0.3) is 54.8 Å². The lowest BCUT2D eigenvalue weighted by Gasteiger charge is -2.37. The predicted octanol–water partition coefficient (Wildman–Crippen LogP) is 7.08. The van der Waals surface area contributed by atoms with E-state index in [9.17, 15) is 5.11 Å². The number of rotatable bonds is 6. The maximum Gasteiger partial charge on any atom is 0.330 e. The Hall–Kier alpha value is -4.06. The highest BCUT2D eigenvalue weighted by Gasteiger charge is 2.35. The van der Waals surface area contributed by atoms with Gasteiger partial charge in [-0.3, -0.25) is 9.97 Å². The summed E-state index contributed by atoms with van der Waals surface area (Å²) in [4.78, 5) is 9.32. The van der Waals surface area contributed by atoms with Gasteiger partial charge in [0.2, 0.25) is 0 Å². The lowest BCUT2D eigenvalue weighted by molar-refractivity contribution is -0.0893. The fourth-order valence-electron chi connectivity index (χ4n) is 4.84. The average molecular weight is 509 g/mol.